The molecule has 2 aliphatic heterocycles. The maximum atomic E-state index is 13.8. The largest absolute Gasteiger partial charge is 0.315 e. The van der Waals surface area contributed by atoms with Crippen LogP contribution in [0.15, 0.2) is 71.7 Å². The van der Waals surface area contributed by atoms with Crippen LogP contribution in [-0.4, -0.2) is 30.2 Å². The molecular weight excluding hydrogens is 458 g/mol. The van der Waals surface area contributed by atoms with Crippen LogP contribution in [0.5, 0.6) is 0 Å². The third-order valence-electron chi connectivity index (χ3n) is 7.00. The summed E-state index contributed by atoms with van der Waals surface area (Å²) in [7, 11) is 0. The lowest BCUT2D eigenvalue weighted by molar-refractivity contribution is -0.132. The van der Waals surface area contributed by atoms with E-state index >= 15 is 0 Å². The zero-order chi connectivity index (χ0) is 23.2. The summed E-state index contributed by atoms with van der Waals surface area (Å²) in [6.07, 6.45) is 2.72. The van der Waals surface area contributed by atoms with Crippen LogP contribution in [0.3, 0.4) is 0 Å². The Morgan fingerprint density at radius 3 is 2.64 bits per heavy atom. The van der Waals surface area contributed by atoms with E-state index in [1.807, 2.05) is 59.6 Å². The van der Waals surface area contributed by atoms with Gasteiger partial charge in [0.2, 0.25) is 0 Å². The highest BCUT2D eigenvalue weighted by atomic mass is 35.5. The number of fused-ring (bicyclic) bond motifs is 2. The molecule has 0 aliphatic carbocycles. The minimum atomic E-state index is -1.34. The molecule has 0 aromatic heterocycles. The van der Waals surface area contributed by atoms with Crippen molar-refractivity contribution in [2.75, 3.05) is 13.1 Å². The highest BCUT2D eigenvalue weighted by Crippen LogP contribution is 2.59. The van der Waals surface area contributed by atoms with Crippen molar-refractivity contribution >= 4 is 41.1 Å². The minimum absolute atomic E-state index is 0.0259. The first-order valence-electron chi connectivity index (χ1n) is 11.0. The normalized spacial score (nSPS) is 24.2. The molecule has 0 N–H and O–H groups in total. The second-order valence-electron chi connectivity index (χ2n) is 8.83. The Balaban J connectivity index is 1.79. The van der Waals surface area contributed by atoms with Crippen LogP contribution < -0.4 is 0 Å². The van der Waals surface area contributed by atoms with Gasteiger partial charge in [-0.25, -0.2) is 0 Å². The number of benzene rings is 3. The molecule has 3 nitrogen and oxygen atoms in total. The summed E-state index contributed by atoms with van der Waals surface area (Å²) in [6, 6.07) is 20.2. The Kier molecular flexibility index (Phi) is 5.86. The summed E-state index contributed by atoms with van der Waals surface area (Å²) >= 11 is 12.7. The zero-order valence-corrected chi connectivity index (χ0v) is 19.7. The smallest absolute Gasteiger partial charge is 0.285 e. The Labute approximate surface area is 202 Å². The molecule has 0 amide bonds. The molecule has 2 aliphatic rings. The molecule has 1 spiro atoms. The molecule has 168 valence electrons. The molecule has 1 fully saturated rings. The summed E-state index contributed by atoms with van der Waals surface area (Å²) in [5.41, 5.74) is 4.45. The van der Waals surface area contributed by atoms with E-state index in [0.717, 1.165) is 34.4 Å². The fraction of sp³-hybridized carbons (Fsp3) is 0.259. The number of halogens is 3. The number of carbonyl (C=O) groups excluding carboxylic acids is 1. The van der Waals surface area contributed by atoms with E-state index in [1.165, 1.54) is 0 Å². The minimum Gasteiger partial charge on any atom is -0.285 e. The summed E-state index contributed by atoms with van der Waals surface area (Å²) < 4.78 is 13.8. The van der Waals surface area contributed by atoms with Crippen LogP contribution in [0.4, 0.5) is 10.1 Å². The van der Waals surface area contributed by atoms with Crippen molar-refractivity contribution in [2.24, 2.45) is 4.99 Å². The number of aryl methyl sites for hydroxylation is 1. The van der Waals surface area contributed by atoms with Gasteiger partial charge in [0.15, 0.2) is 0 Å². The van der Waals surface area contributed by atoms with E-state index in [0.29, 0.717) is 16.6 Å². The average Bonchev–Trinajstić information content (AvgIpc) is 3.13. The highest BCUT2D eigenvalue weighted by molar-refractivity contribution is 6.31. The Morgan fingerprint density at radius 2 is 1.88 bits per heavy atom. The van der Waals surface area contributed by atoms with Crippen LogP contribution in [0.25, 0.3) is 0 Å². The van der Waals surface area contributed by atoms with E-state index in [1.54, 1.807) is 0 Å². The number of likely N-dealkylation sites (tertiary alicyclic amines) is 1. The molecule has 6 heteroatoms. The third-order valence-corrected chi connectivity index (χ3v) is 7.47. The molecule has 0 radical (unpaired) electrons. The molecule has 3 aromatic rings. The van der Waals surface area contributed by atoms with Gasteiger partial charge < -0.3 is 0 Å². The van der Waals surface area contributed by atoms with Crippen LogP contribution in [-0.2, 0) is 10.2 Å². The third kappa shape index (κ3) is 3.80. The number of hydrogen-bond donors (Lipinski definition) is 0. The van der Waals surface area contributed by atoms with Gasteiger partial charge in [-0.15, -0.1) is 0 Å². The topological polar surface area (TPSA) is 32.7 Å². The van der Waals surface area contributed by atoms with Gasteiger partial charge in [0.25, 0.3) is 0 Å². The number of aliphatic imine (C=N–C) groups is 1. The maximum absolute atomic E-state index is 13.8. The highest BCUT2D eigenvalue weighted by Gasteiger charge is 2.55. The van der Waals surface area contributed by atoms with Gasteiger partial charge in [-0.1, -0.05) is 65.7 Å². The first-order valence-corrected chi connectivity index (χ1v) is 11.7. The molecule has 33 heavy (non-hydrogen) atoms. The molecule has 0 bridgehead atoms. The number of piperidine rings is 1. The fourth-order valence-corrected chi connectivity index (χ4v) is 6.08. The predicted molar refractivity (Wildman–Crippen MR) is 132 cm³/mol. The van der Waals surface area contributed by atoms with Crippen molar-refractivity contribution in [2.45, 2.75) is 30.7 Å². The standard InChI is InChI=1S/C27H23Cl2FN2O/c1-17-5-2-3-8-21(17)26-27(16-31-24-14-20(29)9-10-23(24)27)22(11-12-32(26)15-25(30)33)18-6-4-7-19(28)13-18/h2-10,13-14,16,22,26H,11-12,15H2,1H3/t22-,26+,27-/m0/s1. The molecule has 3 atom stereocenters. The van der Waals surface area contributed by atoms with Gasteiger partial charge in [-0.2, -0.15) is 4.39 Å². The molecular formula is C27H23Cl2FN2O. The number of nitrogens with zero attached hydrogens (tertiary/aromatic N) is 2. The molecule has 1 saturated heterocycles. The Bertz CT molecular complexity index is 1260. The van der Waals surface area contributed by atoms with Crippen LogP contribution in [0.2, 0.25) is 10.0 Å². The molecule has 0 unspecified atom stereocenters. The van der Waals surface area contributed by atoms with Crippen molar-refractivity contribution in [1.82, 2.24) is 4.90 Å². The van der Waals surface area contributed by atoms with Crippen molar-refractivity contribution in [3.05, 3.63) is 99.0 Å². The van der Waals surface area contributed by atoms with Gasteiger partial charge in [0, 0.05) is 28.7 Å². The van der Waals surface area contributed by atoms with Gasteiger partial charge in [-0.05, 0) is 59.9 Å². The number of hydrogen-bond acceptors (Lipinski definition) is 3. The first-order chi connectivity index (χ1) is 15.9. The van der Waals surface area contributed by atoms with Crippen molar-refractivity contribution in [3.8, 4) is 0 Å². The summed E-state index contributed by atoms with van der Waals surface area (Å²) in [5, 5.41) is 1.28. The van der Waals surface area contributed by atoms with Crippen molar-refractivity contribution < 1.29 is 9.18 Å². The van der Waals surface area contributed by atoms with Crippen LogP contribution in [0.1, 0.15) is 40.6 Å². The lowest BCUT2D eigenvalue weighted by Crippen LogP contribution is -2.54. The molecule has 0 saturated carbocycles. The maximum Gasteiger partial charge on any atom is 0.315 e. The van der Waals surface area contributed by atoms with Gasteiger partial charge >= 0.3 is 6.04 Å². The van der Waals surface area contributed by atoms with Gasteiger partial charge in [0.1, 0.15) is 0 Å². The number of carbonyl (C=O) groups is 1. The van der Waals surface area contributed by atoms with E-state index in [2.05, 4.69) is 25.1 Å². The van der Waals surface area contributed by atoms with Crippen molar-refractivity contribution in [3.63, 3.8) is 0 Å². The second-order valence-corrected chi connectivity index (χ2v) is 9.71. The Morgan fingerprint density at radius 1 is 1.09 bits per heavy atom. The predicted octanol–water partition coefficient (Wildman–Crippen LogP) is 6.98. The van der Waals surface area contributed by atoms with E-state index in [4.69, 9.17) is 28.2 Å². The summed E-state index contributed by atoms with van der Waals surface area (Å²) in [4.78, 5) is 18.5. The van der Waals surface area contributed by atoms with E-state index in [9.17, 15) is 9.18 Å². The van der Waals surface area contributed by atoms with Crippen molar-refractivity contribution in [1.29, 1.82) is 0 Å². The fourth-order valence-electron chi connectivity index (χ4n) is 5.72. The molecule has 5 rings (SSSR count). The zero-order valence-electron chi connectivity index (χ0n) is 18.1. The SMILES string of the molecule is Cc1ccccc1[C@H]1N(CC(=O)F)CC[C@@H](c2cccc(Cl)c2)[C@]12C=Nc1cc(Cl)ccc12. The van der Waals surface area contributed by atoms with Gasteiger partial charge in [-0.3, -0.25) is 14.7 Å². The lowest BCUT2D eigenvalue weighted by Gasteiger charge is -2.52. The Hall–Kier alpha value is -2.53. The van der Waals surface area contributed by atoms with Crippen LogP contribution in [0, 0.1) is 6.92 Å². The van der Waals surface area contributed by atoms with Gasteiger partial charge in [0.05, 0.1) is 23.7 Å². The summed E-state index contributed by atoms with van der Waals surface area (Å²) in [6.45, 7) is 2.36. The molecule has 2 heterocycles. The van der Waals surface area contributed by atoms with E-state index < -0.39 is 11.5 Å². The quantitative estimate of drug-likeness (QED) is 0.377. The monoisotopic (exact) mass is 480 g/mol. The first kappa shape index (κ1) is 22.3. The lowest BCUT2D eigenvalue weighted by atomic mass is 9.59. The number of rotatable bonds is 4. The van der Waals surface area contributed by atoms with Crippen LogP contribution >= 0.6 is 23.2 Å². The summed E-state index contributed by atoms with van der Waals surface area (Å²) in [5.74, 6) is 0.0259. The average molecular weight is 481 g/mol. The molecule has 3 aromatic carbocycles. The van der Waals surface area contributed by atoms with E-state index in [-0.39, 0.29) is 18.5 Å². The second kappa shape index (κ2) is 8.68.